The number of aromatic nitrogens is 1. The van der Waals surface area contributed by atoms with Gasteiger partial charge in [0.15, 0.2) is 11.5 Å². The number of para-hydroxylation sites is 2. The van der Waals surface area contributed by atoms with Gasteiger partial charge < -0.3 is 14.4 Å². The van der Waals surface area contributed by atoms with Crippen LogP contribution < -0.4 is 9.47 Å². The number of ether oxygens (including phenoxy) is 2. The van der Waals surface area contributed by atoms with Gasteiger partial charge in [0.2, 0.25) is 0 Å². The molecule has 1 fully saturated rings. The molecule has 0 aliphatic heterocycles. The standard InChI is InChI=1S/C23H24N2O3S/c1-16-7-9-17(10-8-16)23(26)25(19-11-12-19)13-18-15-29-22(24-18)14-28-21-6-4-3-5-20(21)27-2/h3-10,15,19H,11-14H2,1-2H3. The predicted octanol–water partition coefficient (Wildman–Crippen LogP) is 4.84. The van der Waals surface area contributed by atoms with E-state index in [0.717, 1.165) is 34.7 Å². The predicted molar refractivity (Wildman–Crippen MR) is 114 cm³/mol. The Kier molecular flexibility index (Phi) is 5.81. The molecule has 1 amide bonds. The average molecular weight is 409 g/mol. The molecule has 1 saturated carbocycles. The van der Waals surface area contributed by atoms with E-state index in [2.05, 4.69) is 4.98 Å². The molecule has 6 heteroatoms. The Morgan fingerprint density at radius 3 is 2.55 bits per heavy atom. The lowest BCUT2D eigenvalue weighted by Crippen LogP contribution is -2.32. The van der Waals surface area contributed by atoms with Crippen molar-refractivity contribution >= 4 is 17.2 Å². The first-order valence-electron chi connectivity index (χ1n) is 9.71. The molecule has 1 heterocycles. The summed E-state index contributed by atoms with van der Waals surface area (Å²) in [5.41, 5.74) is 2.79. The van der Waals surface area contributed by atoms with E-state index in [0.29, 0.717) is 30.7 Å². The fourth-order valence-corrected chi connectivity index (χ4v) is 3.85. The fourth-order valence-electron chi connectivity index (χ4n) is 3.15. The van der Waals surface area contributed by atoms with Gasteiger partial charge in [0, 0.05) is 17.0 Å². The maximum atomic E-state index is 13.0. The molecular formula is C23H24N2O3S. The van der Waals surface area contributed by atoms with Crippen LogP contribution in [-0.4, -0.2) is 28.9 Å². The van der Waals surface area contributed by atoms with Gasteiger partial charge >= 0.3 is 0 Å². The van der Waals surface area contributed by atoms with Gasteiger partial charge in [0.1, 0.15) is 11.6 Å². The summed E-state index contributed by atoms with van der Waals surface area (Å²) in [5.74, 6) is 1.47. The Morgan fingerprint density at radius 2 is 1.86 bits per heavy atom. The lowest BCUT2D eigenvalue weighted by molar-refractivity contribution is 0.0728. The number of methoxy groups -OCH3 is 1. The minimum Gasteiger partial charge on any atom is -0.493 e. The first kappa shape index (κ1) is 19.5. The summed E-state index contributed by atoms with van der Waals surface area (Å²) < 4.78 is 11.2. The van der Waals surface area contributed by atoms with Crippen molar-refractivity contribution in [3.05, 3.63) is 75.7 Å². The number of nitrogens with zero attached hydrogens (tertiary/aromatic N) is 2. The van der Waals surface area contributed by atoms with Crippen molar-refractivity contribution in [2.45, 2.75) is 39.0 Å². The van der Waals surface area contributed by atoms with Crippen LogP contribution in [0.15, 0.2) is 53.9 Å². The second kappa shape index (κ2) is 8.66. The van der Waals surface area contributed by atoms with E-state index in [1.807, 2.05) is 65.7 Å². The van der Waals surface area contributed by atoms with Gasteiger partial charge in [-0.3, -0.25) is 4.79 Å². The fraction of sp³-hybridized carbons (Fsp3) is 0.304. The second-order valence-electron chi connectivity index (χ2n) is 7.20. The van der Waals surface area contributed by atoms with Gasteiger partial charge in [0.05, 0.1) is 19.3 Å². The molecule has 5 nitrogen and oxygen atoms in total. The Morgan fingerprint density at radius 1 is 1.14 bits per heavy atom. The van der Waals surface area contributed by atoms with Crippen molar-refractivity contribution in [1.29, 1.82) is 0 Å². The largest absolute Gasteiger partial charge is 0.493 e. The van der Waals surface area contributed by atoms with E-state index in [9.17, 15) is 4.79 Å². The van der Waals surface area contributed by atoms with Gasteiger partial charge in [-0.15, -0.1) is 11.3 Å². The van der Waals surface area contributed by atoms with Gasteiger partial charge in [-0.2, -0.15) is 0 Å². The van der Waals surface area contributed by atoms with Crippen molar-refractivity contribution in [2.75, 3.05) is 7.11 Å². The molecule has 0 N–H and O–H groups in total. The van der Waals surface area contributed by atoms with Crippen molar-refractivity contribution < 1.29 is 14.3 Å². The third kappa shape index (κ3) is 4.77. The number of rotatable bonds is 8. The Hall–Kier alpha value is -2.86. The lowest BCUT2D eigenvalue weighted by Gasteiger charge is -2.21. The molecule has 0 spiro atoms. The zero-order chi connectivity index (χ0) is 20.2. The van der Waals surface area contributed by atoms with Crippen LogP contribution in [0.3, 0.4) is 0 Å². The average Bonchev–Trinajstić information content (AvgIpc) is 3.49. The van der Waals surface area contributed by atoms with E-state index in [-0.39, 0.29) is 5.91 Å². The van der Waals surface area contributed by atoms with E-state index in [1.165, 1.54) is 0 Å². The molecule has 2 aromatic carbocycles. The SMILES string of the molecule is COc1ccccc1OCc1nc(CN(C(=O)c2ccc(C)cc2)C2CC2)cs1. The highest BCUT2D eigenvalue weighted by Gasteiger charge is 2.33. The third-order valence-electron chi connectivity index (χ3n) is 4.90. The second-order valence-corrected chi connectivity index (χ2v) is 8.15. The van der Waals surface area contributed by atoms with E-state index < -0.39 is 0 Å². The molecule has 0 radical (unpaired) electrons. The summed E-state index contributed by atoms with van der Waals surface area (Å²) in [4.78, 5) is 19.6. The molecule has 0 unspecified atom stereocenters. The topological polar surface area (TPSA) is 51.7 Å². The molecule has 4 rings (SSSR count). The Bertz CT molecular complexity index is 980. The minimum atomic E-state index is 0.0762. The van der Waals surface area contributed by atoms with Crippen molar-refractivity contribution in [1.82, 2.24) is 9.88 Å². The molecule has 0 saturated heterocycles. The number of aryl methyl sites for hydroxylation is 1. The zero-order valence-electron chi connectivity index (χ0n) is 16.6. The minimum absolute atomic E-state index is 0.0762. The molecule has 1 aliphatic rings. The van der Waals surface area contributed by atoms with Crippen LogP contribution >= 0.6 is 11.3 Å². The van der Waals surface area contributed by atoms with E-state index in [4.69, 9.17) is 9.47 Å². The van der Waals surface area contributed by atoms with E-state index in [1.54, 1.807) is 18.4 Å². The van der Waals surface area contributed by atoms with Crippen molar-refractivity contribution in [2.24, 2.45) is 0 Å². The number of carbonyl (C=O) groups is 1. The lowest BCUT2D eigenvalue weighted by atomic mass is 10.1. The number of hydrogen-bond acceptors (Lipinski definition) is 5. The normalized spacial score (nSPS) is 13.2. The molecule has 29 heavy (non-hydrogen) atoms. The van der Waals surface area contributed by atoms with Gasteiger partial charge in [-0.1, -0.05) is 29.8 Å². The van der Waals surface area contributed by atoms with Crippen LogP contribution in [-0.2, 0) is 13.2 Å². The highest BCUT2D eigenvalue weighted by Crippen LogP contribution is 2.31. The highest BCUT2D eigenvalue weighted by molar-refractivity contribution is 7.09. The molecule has 150 valence electrons. The van der Waals surface area contributed by atoms with E-state index >= 15 is 0 Å². The smallest absolute Gasteiger partial charge is 0.254 e. The summed E-state index contributed by atoms with van der Waals surface area (Å²) in [7, 11) is 1.63. The van der Waals surface area contributed by atoms with Crippen LogP contribution in [0.5, 0.6) is 11.5 Å². The highest BCUT2D eigenvalue weighted by atomic mass is 32.1. The molecule has 0 atom stereocenters. The summed E-state index contributed by atoms with van der Waals surface area (Å²) >= 11 is 1.55. The molecule has 1 aromatic heterocycles. The molecule has 0 bridgehead atoms. The van der Waals surface area contributed by atoms with Gasteiger partial charge in [0.25, 0.3) is 5.91 Å². The summed E-state index contributed by atoms with van der Waals surface area (Å²) in [6, 6.07) is 15.7. The van der Waals surface area contributed by atoms with Crippen LogP contribution in [0.4, 0.5) is 0 Å². The maximum absolute atomic E-state index is 13.0. The quantitative estimate of drug-likeness (QED) is 0.535. The monoisotopic (exact) mass is 408 g/mol. The van der Waals surface area contributed by atoms with Gasteiger partial charge in [-0.25, -0.2) is 4.98 Å². The number of hydrogen-bond donors (Lipinski definition) is 0. The summed E-state index contributed by atoms with van der Waals surface area (Å²) in [6.45, 7) is 2.93. The zero-order valence-corrected chi connectivity index (χ0v) is 17.4. The molecule has 3 aromatic rings. The summed E-state index contributed by atoms with van der Waals surface area (Å²) in [6.07, 6.45) is 2.12. The number of thiazole rings is 1. The summed E-state index contributed by atoms with van der Waals surface area (Å²) in [5, 5.41) is 2.89. The van der Waals surface area contributed by atoms with Gasteiger partial charge in [-0.05, 0) is 44.0 Å². The molecule has 1 aliphatic carbocycles. The number of benzene rings is 2. The number of amides is 1. The Labute approximate surface area is 174 Å². The Balaban J connectivity index is 1.41. The van der Waals surface area contributed by atoms with Crippen LogP contribution in [0.25, 0.3) is 0 Å². The van der Waals surface area contributed by atoms with Crippen molar-refractivity contribution in [3.63, 3.8) is 0 Å². The van der Waals surface area contributed by atoms with Crippen LogP contribution in [0.1, 0.15) is 39.5 Å². The molecular weight excluding hydrogens is 384 g/mol. The van der Waals surface area contributed by atoms with Crippen LogP contribution in [0, 0.1) is 6.92 Å². The first-order chi connectivity index (χ1) is 14.1. The van der Waals surface area contributed by atoms with Crippen molar-refractivity contribution in [3.8, 4) is 11.5 Å². The maximum Gasteiger partial charge on any atom is 0.254 e. The number of carbonyl (C=O) groups excluding carboxylic acids is 1. The van der Waals surface area contributed by atoms with Crippen LogP contribution in [0.2, 0.25) is 0 Å². The first-order valence-corrected chi connectivity index (χ1v) is 10.6. The third-order valence-corrected chi connectivity index (χ3v) is 5.77.